The second-order valence-corrected chi connectivity index (χ2v) is 8.29. The molecule has 1 saturated heterocycles. The molecule has 2 unspecified atom stereocenters. The molecule has 3 aromatic rings. The Labute approximate surface area is 187 Å². The van der Waals surface area contributed by atoms with Gasteiger partial charge in [-0.2, -0.15) is 0 Å². The van der Waals surface area contributed by atoms with Crippen LogP contribution in [0.3, 0.4) is 0 Å². The summed E-state index contributed by atoms with van der Waals surface area (Å²) >= 11 is 0. The van der Waals surface area contributed by atoms with Gasteiger partial charge in [-0.25, -0.2) is 4.39 Å². The molecule has 0 aliphatic carbocycles. The quantitative estimate of drug-likeness (QED) is 0.619. The van der Waals surface area contributed by atoms with E-state index in [4.69, 9.17) is 4.42 Å². The lowest BCUT2D eigenvalue weighted by molar-refractivity contribution is -0.126. The fraction of sp³-hybridized carbons (Fsp3) is 0.308. The topological polar surface area (TPSA) is 62.6 Å². The Balaban J connectivity index is 1.51. The number of halogens is 1. The number of aryl methyl sites for hydroxylation is 1. The summed E-state index contributed by atoms with van der Waals surface area (Å²) in [6.45, 7) is 3.24. The smallest absolute Gasteiger partial charge is 0.257 e. The van der Waals surface area contributed by atoms with E-state index in [0.29, 0.717) is 30.6 Å². The molecule has 1 fully saturated rings. The summed E-state index contributed by atoms with van der Waals surface area (Å²) in [4.78, 5) is 27.8. The monoisotopic (exact) mass is 434 g/mol. The van der Waals surface area contributed by atoms with Crippen molar-refractivity contribution in [2.24, 2.45) is 5.92 Å². The van der Waals surface area contributed by atoms with Crippen LogP contribution in [0.2, 0.25) is 0 Å². The van der Waals surface area contributed by atoms with Gasteiger partial charge in [0.2, 0.25) is 5.91 Å². The van der Waals surface area contributed by atoms with Crippen molar-refractivity contribution >= 4 is 11.8 Å². The number of furan rings is 1. The highest BCUT2D eigenvalue weighted by molar-refractivity contribution is 5.94. The minimum absolute atomic E-state index is 0.0513. The maximum atomic E-state index is 13.4. The zero-order valence-corrected chi connectivity index (χ0v) is 18.1. The molecule has 0 radical (unpaired) electrons. The lowest BCUT2D eigenvalue weighted by Gasteiger charge is -2.37. The molecule has 2 atom stereocenters. The van der Waals surface area contributed by atoms with Gasteiger partial charge in [-0.05, 0) is 47.7 Å². The van der Waals surface area contributed by atoms with Gasteiger partial charge in [-0.3, -0.25) is 9.59 Å². The van der Waals surface area contributed by atoms with E-state index in [1.165, 1.54) is 30.2 Å². The summed E-state index contributed by atoms with van der Waals surface area (Å²) in [6.07, 6.45) is 4.51. The lowest BCUT2D eigenvalue weighted by atomic mass is 9.83. The number of hydrogen-bond acceptors (Lipinski definition) is 3. The van der Waals surface area contributed by atoms with Gasteiger partial charge in [-0.15, -0.1) is 0 Å². The van der Waals surface area contributed by atoms with Gasteiger partial charge in [0.1, 0.15) is 12.1 Å². The van der Waals surface area contributed by atoms with Crippen LogP contribution in [0.25, 0.3) is 0 Å². The van der Waals surface area contributed by atoms with Crippen molar-refractivity contribution < 1.29 is 18.4 Å². The van der Waals surface area contributed by atoms with Crippen LogP contribution in [0.5, 0.6) is 0 Å². The van der Waals surface area contributed by atoms with E-state index >= 15 is 0 Å². The number of hydrogen-bond donors (Lipinski definition) is 1. The van der Waals surface area contributed by atoms with E-state index in [1.807, 2.05) is 0 Å². The normalized spacial score (nSPS) is 18.4. The third-order valence-electron chi connectivity index (χ3n) is 6.09. The third-order valence-corrected chi connectivity index (χ3v) is 6.09. The highest BCUT2D eigenvalue weighted by Gasteiger charge is 2.35. The van der Waals surface area contributed by atoms with Crippen molar-refractivity contribution in [3.63, 3.8) is 0 Å². The van der Waals surface area contributed by atoms with Crippen LogP contribution >= 0.6 is 0 Å². The van der Waals surface area contributed by atoms with Crippen LogP contribution in [0.15, 0.2) is 71.5 Å². The second-order valence-electron chi connectivity index (χ2n) is 8.29. The molecule has 4 rings (SSSR count). The van der Waals surface area contributed by atoms with Crippen LogP contribution in [-0.4, -0.2) is 29.8 Å². The molecule has 0 spiro atoms. The average Bonchev–Trinajstić information content (AvgIpc) is 3.37. The Morgan fingerprint density at radius 2 is 1.91 bits per heavy atom. The van der Waals surface area contributed by atoms with Crippen molar-refractivity contribution in [3.8, 4) is 0 Å². The number of benzene rings is 2. The van der Waals surface area contributed by atoms with Gasteiger partial charge in [0.15, 0.2) is 0 Å². The Hall–Kier alpha value is -3.41. The van der Waals surface area contributed by atoms with Crippen molar-refractivity contribution in [1.29, 1.82) is 0 Å². The molecule has 1 aliphatic rings. The van der Waals surface area contributed by atoms with Crippen LogP contribution in [0, 0.1) is 11.7 Å². The predicted molar refractivity (Wildman–Crippen MR) is 120 cm³/mol. The number of carbonyl (C=O) groups excluding carboxylic acids is 2. The maximum Gasteiger partial charge on any atom is 0.257 e. The number of amides is 2. The van der Waals surface area contributed by atoms with Gasteiger partial charge in [0, 0.05) is 25.6 Å². The fourth-order valence-electron chi connectivity index (χ4n) is 4.27. The van der Waals surface area contributed by atoms with E-state index in [1.54, 1.807) is 23.1 Å². The number of nitrogens with zero attached hydrogens (tertiary/aromatic N) is 1. The molecule has 166 valence electrons. The van der Waals surface area contributed by atoms with Crippen LogP contribution < -0.4 is 5.32 Å². The van der Waals surface area contributed by atoms with Crippen molar-refractivity contribution in [3.05, 3.63) is 95.2 Å². The third kappa shape index (κ3) is 5.07. The SMILES string of the molecule is CCc1ccc(C2CC(C(=O)NCc3cccc(F)c3)CN(C(=O)c3ccoc3)C2)cc1. The molecule has 1 N–H and O–H groups in total. The molecule has 2 amide bonds. The van der Waals surface area contributed by atoms with E-state index in [2.05, 4.69) is 36.5 Å². The molecule has 2 heterocycles. The largest absolute Gasteiger partial charge is 0.472 e. The minimum Gasteiger partial charge on any atom is -0.472 e. The lowest BCUT2D eigenvalue weighted by Crippen LogP contribution is -2.47. The van der Waals surface area contributed by atoms with Crippen molar-refractivity contribution in [2.45, 2.75) is 32.2 Å². The fourth-order valence-corrected chi connectivity index (χ4v) is 4.27. The first kappa shape index (κ1) is 21.8. The van der Waals surface area contributed by atoms with E-state index in [0.717, 1.165) is 12.0 Å². The number of nitrogens with one attached hydrogen (secondary N) is 1. The first-order valence-electron chi connectivity index (χ1n) is 11.0. The zero-order valence-electron chi connectivity index (χ0n) is 18.1. The average molecular weight is 435 g/mol. The van der Waals surface area contributed by atoms with Gasteiger partial charge in [-0.1, -0.05) is 43.3 Å². The van der Waals surface area contributed by atoms with Crippen LogP contribution in [0.4, 0.5) is 4.39 Å². The van der Waals surface area contributed by atoms with Crippen LogP contribution in [-0.2, 0) is 17.8 Å². The molecule has 2 aromatic carbocycles. The molecule has 0 bridgehead atoms. The Morgan fingerprint density at radius 3 is 2.59 bits per heavy atom. The zero-order chi connectivity index (χ0) is 22.5. The predicted octanol–water partition coefficient (Wildman–Crippen LogP) is 4.54. The molecule has 1 aromatic heterocycles. The van der Waals surface area contributed by atoms with Crippen LogP contribution in [0.1, 0.15) is 46.3 Å². The number of likely N-dealkylation sites (tertiary alicyclic amines) is 1. The minimum atomic E-state index is -0.357. The standard InChI is InChI=1S/C26H27FN2O3/c1-2-18-6-8-20(9-7-18)22-13-23(16-29(15-22)26(31)21-10-11-32-17-21)25(30)28-14-19-4-3-5-24(27)12-19/h3-12,17,22-23H,2,13-16H2,1H3,(H,28,30). The first-order valence-corrected chi connectivity index (χ1v) is 11.0. The van der Waals surface area contributed by atoms with E-state index in [9.17, 15) is 14.0 Å². The van der Waals surface area contributed by atoms with E-state index in [-0.39, 0.29) is 36.0 Å². The highest BCUT2D eigenvalue weighted by Crippen LogP contribution is 2.31. The van der Waals surface area contributed by atoms with Gasteiger partial charge >= 0.3 is 0 Å². The molecular formula is C26H27FN2O3. The maximum absolute atomic E-state index is 13.4. The number of rotatable bonds is 6. The summed E-state index contributed by atoms with van der Waals surface area (Å²) in [5.74, 6) is -0.910. The summed E-state index contributed by atoms with van der Waals surface area (Å²) in [7, 11) is 0. The summed E-state index contributed by atoms with van der Waals surface area (Å²) in [6, 6.07) is 16.2. The number of carbonyl (C=O) groups is 2. The van der Waals surface area contributed by atoms with Gasteiger partial charge in [0.25, 0.3) is 5.91 Å². The number of piperidine rings is 1. The van der Waals surface area contributed by atoms with Gasteiger partial charge < -0.3 is 14.6 Å². The first-order chi connectivity index (χ1) is 15.5. The summed E-state index contributed by atoms with van der Waals surface area (Å²) < 4.78 is 18.5. The molecule has 1 aliphatic heterocycles. The highest BCUT2D eigenvalue weighted by atomic mass is 19.1. The molecule has 0 saturated carbocycles. The molecule has 6 heteroatoms. The summed E-state index contributed by atoms with van der Waals surface area (Å²) in [5.41, 5.74) is 3.55. The molecular weight excluding hydrogens is 407 g/mol. The molecule has 5 nitrogen and oxygen atoms in total. The van der Waals surface area contributed by atoms with Crippen molar-refractivity contribution in [2.75, 3.05) is 13.1 Å². The summed E-state index contributed by atoms with van der Waals surface area (Å²) in [5, 5.41) is 2.92. The van der Waals surface area contributed by atoms with Crippen molar-refractivity contribution in [1.82, 2.24) is 10.2 Å². The molecule has 32 heavy (non-hydrogen) atoms. The van der Waals surface area contributed by atoms with E-state index < -0.39 is 0 Å². The Morgan fingerprint density at radius 1 is 1.09 bits per heavy atom. The Kier molecular flexibility index (Phi) is 6.69. The Bertz CT molecular complexity index is 1060. The van der Waals surface area contributed by atoms with Gasteiger partial charge in [0.05, 0.1) is 17.7 Å². The second kappa shape index (κ2) is 9.81.